The van der Waals surface area contributed by atoms with Crippen molar-refractivity contribution in [2.24, 2.45) is 0 Å². The van der Waals surface area contributed by atoms with Crippen LogP contribution in [0.1, 0.15) is 67.5 Å². The largest absolute Gasteiger partial charge is 0.478 e. The van der Waals surface area contributed by atoms with E-state index in [9.17, 15) is 4.79 Å². The molecule has 4 heteroatoms. The number of fused-ring (bicyclic) bond motifs is 1. The second-order valence-electron chi connectivity index (χ2n) is 5.97. The fourth-order valence-electron chi connectivity index (χ4n) is 2.87. The number of rotatable bonds is 7. The van der Waals surface area contributed by atoms with Crippen LogP contribution in [0.2, 0.25) is 0 Å². The molecule has 4 nitrogen and oxygen atoms in total. The molecule has 0 atom stereocenters. The minimum Gasteiger partial charge on any atom is -0.478 e. The summed E-state index contributed by atoms with van der Waals surface area (Å²) in [5.41, 5.74) is 2.23. The highest BCUT2D eigenvalue weighted by Crippen LogP contribution is 2.40. The van der Waals surface area contributed by atoms with Gasteiger partial charge in [0.25, 0.3) is 0 Å². The van der Waals surface area contributed by atoms with Crippen LogP contribution in [-0.2, 0) is 6.54 Å². The lowest BCUT2D eigenvalue weighted by Gasteiger charge is -2.08. The van der Waals surface area contributed by atoms with Crippen molar-refractivity contribution in [3.05, 3.63) is 29.6 Å². The maximum atomic E-state index is 11.1. The maximum absolute atomic E-state index is 11.1. The Kier molecular flexibility index (Phi) is 3.95. The highest BCUT2D eigenvalue weighted by atomic mass is 16.4. The minimum atomic E-state index is -0.887. The average molecular weight is 286 g/mol. The van der Waals surface area contributed by atoms with Crippen LogP contribution in [0.15, 0.2) is 18.2 Å². The van der Waals surface area contributed by atoms with E-state index in [4.69, 9.17) is 10.1 Å². The van der Waals surface area contributed by atoms with Crippen LogP contribution in [0.5, 0.6) is 0 Å². The third-order valence-corrected chi connectivity index (χ3v) is 4.20. The molecule has 1 fully saturated rings. The number of hydrogen-bond acceptors (Lipinski definition) is 2. The van der Waals surface area contributed by atoms with Crippen LogP contribution in [0, 0.1) is 0 Å². The van der Waals surface area contributed by atoms with Crippen LogP contribution in [0.25, 0.3) is 11.0 Å². The molecule has 0 bridgehead atoms. The standard InChI is InChI=1S/C17H22N2O2/c1-2-3-4-5-10-19-15-9-8-13(17(20)21)11-14(15)18-16(19)12-6-7-12/h8-9,11-12H,2-7,10H2,1H3,(H,20,21). The summed E-state index contributed by atoms with van der Waals surface area (Å²) in [7, 11) is 0. The van der Waals surface area contributed by atoms with Gasteiger partial charge in [0.05, 0.1) is 16.6 Å². The van der Waals surface area contributed by atoms with Crippen LogP contribution in [0.4, 0.5) is 0 Å². The molecule has 1 aliphatic carbocycles. The second kappa shape index (κ2) is 5.88. The molecule has 0 spiro atoms. The smallest absolute Gasteiger partial charge is 0.335 e. The summed E-state index contributed by atoms with van der Waals surface area (Å²) < 4.78 is 2.31. The van der Waals surface area contributed by atoms with E-state index < -0.39 is 5.97 Å². The molecule has 0 radical (unpaired) electrons. The maximum Gasteiger partial charge on any atom is 0.335 e. The number of hydrogen-bond donors (Lipinski definition) is 1. The van der Waals surface area contributed by atoms with Crippen LogP contribution in [-0.4, -0.2) is 20.6 Å². The van der Waals surface area contributed by atoms with E-state index in [2.05, 4.69) is 11.5 Å². The molecule has 0 amide bonds. The lowest BCUT2D eigenvalue weighted by molar-refractivity contribution is 0.0697. The van der Waals surface area contributed by atoms with Gasteiger partial charge in [-0.2, -0.15) is 0 Å². The van der Waals surface area contributed by atoms with Gasteiger partial charge >= 0.3 is 5.97 Å². The van der Waals surface area contributed by atoms with Crippen LogP contribution < -0.4 is 0 Å². The highest BCUT2D eigenvalue weighted by molar-refractivity contribution is 5.92. The molecule has 2 aromatic rings. The molecule has 112 valence electrons. The highest BCUT2D eigenvalue weighted by Gasteiger charge is 2.29. The van der Waals surface area contributed by atoms with Crippen molar-refractivity contribution in [2.45, 2.75) is 57.9 Å². The van der Waals surface area contributed by atoms with Crippen molar-refractivity contribution in [1.82, 2.24) is 9.55 Å². The monoisotopic (exact) mass is 286 g/mol. The summed E-state index contributed by atoms with van der Waals surface area (Å²) in [6.45, 7) is 3.21. The Morgan fingerprint density at radius 3 is 2.81 bits per heavy atom. The van der Waals surface area contributed by atoms with Gasteiger partial charge in [0.2, 0.25) is 0 Å². The zero-order chi connectivity index (χ0) is 14.8. The summed E-state index contributed by atoms with van der Waals surface area (Å²) in [6, 6.07) is 5.30. The van der Waals surface area contributed by atoms with E-state index >= 15 is 0 Å². The molecule has 1 aromatic heterocycles. The molecule has 0 unspecified atom stereocenters. The minimum absolute atomic E-state index is 0.320. The molecule has 1 aromatic carbocycles. The number of carboxylic acid groups (broad SMARTS) is 1. The van der Waals surface area contributed by atoms with Gasteiger partial charge in [-0.3, -0.25) is 0 Å². The summed E-state index contributed by atoms with van der Waals surface area (Å²) in [4.78, 5) is 15.8. The normalized spacial score (nSPS) is 14.7. The third-order valence-electron chi connectivity index (χ3n) is 4.20. The van der Waals surface area contributed by atoms with Gasteiger partial charge in [0, 0.05) is 12.5 Å². The second-order valence-corrected chi connectivity index (χ2v) is 5.97. The van der Waals surface area contributed by atoms with Gasteiger partial charge in [-0.25, -0.2) is 9.78 Å². The van der Waals surface area contributed by atoms with Crippen molar-refractivity contribution in [1.29, 1.82) is 0 Å². The molecule has 0 saturated heterocycles. The topological polar surface area (TPSA) is 55.1 Å². The lowest BCUT2D eigenvalue weighted by atomic mass is 10.2. The molecule has 1 N–H and O–H groups in total. The van der Waals surface area contributed by atoms with E-state index in [0.29, 0.717) is 11.5 Å². The predicted octanol–water partition coefficient (Wildman–Crippen LogP) is 4.19. The first-order valence-electron chi connectivity index (χ1n) is 7.94. The summed E-state index contributed by atoms with van der Waals surface area (Å²) in [5.74, 6) is 0.850. The number of aromatic nitrogens is 2. The number of nitrogens with zero attached hydrogens (tertiary/aromatic N) is 2. The van der Waals surface area contributed by atoms with Gasteiger partial charge in [-0.05, 0) is 37.5 Å². The van der Waals surface area contributed by atoms with Gasteiger partial charge in [0.1, 0.15) is 5.82 Å². The average Bonchev–Trinajstić information content (AvgIpc) is 3.25. The van der Waals surface area contributed by atoms with E-state index in [0.717, 1.165) is 23.4 Å². The van der Waals surface area contributed by atoms with Crippen LogP contribution in [0.3, 0.4) is 0 Å². The first kappa shape index (κ1) is 14.1. The Morgan fingerprint density at radius 2 is 2.14 bits per heavy atom. The molecule has 0 aliphatic heterocycles. The van der Waals surface area contributed by atoms with E-state index in [-0.39, 0.29) is 0 Å². The van der Waals surface area contributed by atoms with Crippen molar-refractivity contribution in [3.8, 4) is 0 Å². The molecular formula is C17H22N2O2. The number of aryl methyl sites for hydroxylation is 1. The van der Waals surface area contributed by atoms with E-state index in [1.54, 1.807) is 12.1 Å². The molecule has 1 aliphatic rings. The van der Waals surface area contributed by atoms with Crippen molar-refractivity contribution >= 4 is 17.0 Å². The Labute approximate surface area is 124 Å². The van der Waals surface area contributed by atoms with E-state index in [1.165, 1.54) is 38.5 Å². The quantitative estimate of drug-likeness (QED) is 0.776. The van der Waals surface area contributed by atoms with Crippen molar-refractivity contribution in [2.75, 3.05) is 0 Å². The number of imidazole rings is 1. The van der Waals surface area contributed by atoms with Gasteiger partial charge < -0.3 is 9.67 Å². The molecule has 1 saturated carbocycles. The SMILES string of the molecule is CCCCCCn1c(C2CC2)nc2cc(C(=O)O)ccc21. The summed E-state index contributed by atoms with van der Waals surface area (Å²) in [6.07, 6.45) is 7.35. The lowest BCUT2D eigenvalue weighted by Crippen LogP contribution is -2.03. The number of carboxylic acids is 1. The fraction of sp³-hybridized carbons (Fsp3) is 0.529. The Bertz CT molecular complexity index is 656. The zero-order valence-electron chi connectivity index (χ0n) is 12.5. The Morgan fingerprint density at radius 1 is 1.33 bits per heavy atom. The molecule has 3 rings (SSSR count). The zero-order valence-corrected chi connectivity index (χ0v) is 12.5. The number of aromatic carboxylic acids is 1. The van der Waals surface area contributed by atoms with Gasteiger partial charge in [-0.1, -0.05) is 26.2 Å². The Hall–Kier alpha value is -1.84. The van der Waals surface area contributed by atoms with Gasteiger partial charge in [0.15, 0.2) is 0 Å². The third kappa shape index (κ3) is 2.94. The number of benzene rings is 1. The summed E-state index contributed by atoms with van der Waals surface area (Å²) in [5, 5.41) is 9.11. The fourth-order valence-corrected chi connectivity index (χ4v) is 2.87. The van der Waals surface area contributed by atoms with Crippen molar-refractivity contribution < 1.29 is 9.90 Å². The molecule has 21 heavy (non-hydrogen) atoms. The molecular weight excluding hydrogens is 264 g/mol. The number of unbranched alkanes of at least 4 members (excludes halogenated alkanes) is 3. The predicted molar refractivity (Wildman–Crippen MR) is 82.8 cm³/mol. The molecule has 1 heterocycles. The Balaban J connectivity index is 1.91. The van der Waals surface area contributed by atoms with Crippen molar-refractivity contribution in [3.63, 3.8) is 0 Å². The van der Waals surface area contributed by atoms with E-state index in [1.807, 2.05) is 6.07 Å². The number of carbonyl (C=O) groups is 1. The van der Waals surface area contributed by atoms with Gasteiger partial charge in [-0.15, -0.1) is 0 Å². The van der Waals surface area contributed by atoms with Crippen LogP contribution >= 0.6 is 0 Å². The summed E-state index contributed by atoms with van der Waals surface area (Å²) >= 11 is 0. The first-order chi connectivity index (χ1) is 10.2. The first-order valence-corrected chi connectivity index (χ1v) is 7.94.